The maximum Gasteiger partial charge on any atom is 0.413 e. The van der Waals surface area contributed by atoms with Crippen LogP contribution < -0.4 is 5.32 Å². The molecule has 2 unspecified atom stereocenters. The first-order chi connectivity index (χ1) is 18.5. The fourth-order valence-electron chi connectivity index (χ4n) is 3.46. The third-order valence-corrected chi connectivity index (χ3v) is 5.33. The molecule has 1 N–H and O–H groups in total. The van der Waals surface area contributed by atoms with E-state index in [9.17, 15) is 4.79 Å². The van der Waals surface area contributed by atoms with Gasteiger partial charge in [0.05, 0.1) is 5.69 Å². The van der Waals surface area contributed by atoms with Gasteiger partial charge in [-0.05, 0) is 42.3 Å². The quantitative estimate of drug-likeness (QED) is 0.177. The Morgan fingerprint density at radius 3 is 2.58 bits per heavy atom. The molecule has 2 heterocycles. The molecule has 0 radical (unpaired) electrons. The summed E-state index contributed by atoms with van der Waals surface area (Å²) in [4.78, 5) is 22.6. The molecule has 0 aliphatic rings. The number of pyridine rings is 1. The molecule has 3 aromatic rings. The average Bonchev–Trinajstić information content (AvgIpc) is 3.35. The van der Waals surface area contributed by atoms with E-state index in [1.807, 2.05) is 51.1 Å². The zero-order valence-corrected chi connectivity index (χ0v) is 22.2. The van der Waals surface area contributed by atoms with E-state index in [-0.39, 0.29) is 12.7 Å². The molecule has 2 atom stereocenters. The summed E-state index contributed by atoms with van der Waals surface area (Å²) < 4.78 is 18.4. The van der Waals surface area contributed by atoms with E-state index in [1.165, 1.54) is 4.68 Å². The summed E-state index contributed by atoms with van der Waals surface area (Å²) >= 11 is 0. The monoisotopic (exact) mass is 525 g/mol. The fraction of sp³-hybridized carbons (Fsp3) is 0.462. The number of carbonyl (C=O) groups excluding carboxylic acids is 1. The van der Waals surface area contributed by atoms with Gasteiger partial charge in [0, 0.05) is 32.2 Å². The summed E-state index contributed by atoms with van der Waals surface area (Å²) in [5.41, 5.74) is 1.84. The lowest BCUT2D eigenvalue weighted by atomic mass is 10.1. The fourth-order valence-corrected chi connectivity index (χ4v) is 3.46. The van der Waals surface area contributed by atoms with E-state index >= 15 is 0 Å². The number of hydrogen-bond donors (Lipinski definition) is 1. The number of hydrogen-bond acceptors (Lipinski definition) is 10. The number of oxime groups is 1. The molecule has 0 aliphatic heterocycles. The van der Waals surface area contributed by atoms with Crippen molar-refractivity contribution < 1.29 is 23.8 Å². The van der Waals surface area contributed by atoms with Crippen LogP contribution in [0.1, 0.15) is 57.1 Å². The molecule has 0 bridgehead atoms. The molecule has 1 aromatic carbocycles. The molecule has 2 aromatic heterocycles. The number of aryl methyl sites for hydroxylation is 1. The Hall–Kier alpha value is -3.90. The van der Waals surface area contributed by atoms with Crippen molar-refractivity contribution >= 4 is 17.6 Å². The lowest BCUT2D eigenvalue weighted by molar-refractivity contribution is -0.155. The number of anilines is 1. The number of carbonyl (C=O) groups is 1. The molecule has 0 spiro atoms. The zero-order valence-electron chi connectivity index (χ0n) is 22.2. The zero-order chi connectivity index (χ0) is 27.2. The highest BCUT2D eigenvalue weighted by Gasteiger charge is 2.20. The van der Waals surface area contributed by atoms with Gasteiger partial charge in [-0.25, -0.2) is 14.5 Å². The van der Waals surface area contributed by atoms with Crippen LogP contribution in [0.3, 0.4) is 0 Å². The Labute approximate surface area is 222 Å². The summed E-state index contributed by atoms with van der Waals surface area (Å²) in [5, 5.41) is 18.5. The summed E-state index contributed by atoms with van der Waals surface area (Å²) in [5.74, 6) is 0.791. The van der Waals surface area contributed by atoms with Crippen molar-refractivity contribution in [1.82, 2.24) is 25.2 Å². The van der Waals surface area contributed by atoms with E-state index in [0.29, 0.717) is 49.1 Å². The van der Waals surface area contributed by atoms with E-state index in [2.05, 4.69) is 31.0 Å². The standard InChI is InChI=1S/C26H35N7O5/c1-5-16-36-23(35-7-3)17-21(6-2)38-26(34)28-22-15-11-14-20(27-22)18-37-30-24(19-12-9-8-10-13-19)25-29-31-32-33(25)4/h8-15,21,23H,5-7,16-18H2,1-4H3,(H,27,28,34). The Balaban J connectivity index is 1.60. The molecular weight excluding hydrogens is 490 g/mol. The normalized spacial score (nSPS) is 13.1. The molecule has 204 valence electrons. The first kappa shape index (κ1) is 28.7. The number of ether oxygens (including phenoxy) is 3. The summed E-state index contributed by atoms with van der Waals surface area (Å²) in [6, 6.07) is 14.7. The van der Waals surface area contributed by atoms with Gasteiger partial charge in [0.1, 0.15) is 11.9 Å². The van der Waals surface area contributed by atoms with Crippen LogP contribution in [-0.4, -0.2) is 62.6 Å². The van der Waals surface area contributed by atoms with Crippen LogP contribution in [0.15, 0.2) is 53.7 Å². The minimum atomic E-state index is -0.604. The highest BCUT2D eigenvalue weighted by molar-refractivity contribution is 6.10. The largest absolute Gasteiger partial charge is 0.446 e. The van der Waals surface area contributed by atoms with Gasteiger partial charge in [0.25, 0.3) is 0 Å². The second kappa shape index (κ2) is 15.4. The topological polar surface area (TPSA) is 135 Å². The number of nitrogens with one attached hydrogen (secondary N) is 1. The maximum atomic E-state index is 12.5. The highest BCUT2D eigenvalue weighted by Crippen LogP contribution is 2.14. The van der Waals surface area contributed by atoms with Gasteiger partial charge in [-0.2, -0.15) is 0 Å². The molecule has 0 aliphatic carbocycles. The minimum absolute atomic E-state index is 0.0641. The van der Waals surface area contributed by atoms with E-state index in [1.54, 1.807) is 25.2 Å². The van der Waals surface area contributed by atoms with Crippen molar-refractivity contribution in [2.75, 3.05) is 18.5 Å². The molecule has 0 saturated carbocycles. The Kier molecular flexibility index (Phi) is 11.6. The third kappa shape index (κ3) is 8.89. The SMILES string of the molecule is CCCOC(CC(CC)OC(=O)Nc1cccc(CON=C(c2ccccc2)c2nnnn2C)n1)OCC. The minimum Gasteiger partial charge on any atom is -0.446 e. The highest BCUT2D eigenvalue weighted by atomic mass is 16.7. The first-order valence-corrected chi connectivity index (χ1v) is 12.7. The smallest absolute Gasteiger partial charge is 0.413 e. The number of tetrazole rings is 1. The number of aromatic nitrogens is 5. The lowest BCUT2D eigenvalue weighted by Gasteiger charge is -2.23. The number of benzene rings is 1. The second-order valence-electron chi connectivity index (χ2n) is 8.27. The predicted octanol–water partition coefficient (Wildman–Crippen LogP) is 4.08. The Morgan fingerprint density at radius 1 is 1.08 bits per heavy atom. The van der Waals surface area contributed by atoms with Gasteiger partial charge < -0.3 is 19.0 Å². The molecule has 38 heavy (non-hydrogen) atoms. The van der Waals surface area contributed by atoms with E-state index in [4.69, 9.17) is 19.0 Å². The van der Waals surface area contributed by atoms with Crippen molar-refractivity contribution in [2.45, 2.75) is 59.0 Å². The van der Waals surface area contributed by atoms with Crippen LogP contribution in [0.25, 0.3) is 0 Å². The molecule has 0 saturated heterocycles. The van der Waals surface area contributed by atoms with Gasteiger partial charge in [-0.1, -0.05) is 55.4 Å². The summed E-state index contributed by atoms with van der Waals surface area (Å²) in [7, 11) is 1.72. The molecule has 3 rings (SSSR count). The van der Waals surface area contributed by atoms with Crippen molar-refractivity contribution in [3.05, 3.63) is 65.6 Å². The van der Waals surface area contributed by atoms with Gasteiger partial charge >= 0.3 is 6.09 Å². The van der Waals surface area contributed by atoms with Crippen LogP contribution in [0.5, 0.6) is 0 Å². The first-order valence-electron chi connectivity index (χ1n) is 12.7. The van der Waals surface area contributed by atoms with Crippen LogP contribution in [-0.2, 0) is 32.7 Å². The van der Waals surface area contributed by atoms with E-state index < -0.39 is 12.4 Å². The molecule has 1 amide bonds. The Bertz CT molecular complexity index is 1160. The average molecular weight is 526 g/mol. The molecular formula is C26H35N7O5. The molecule has 0 fully saturated rings. The van der Waals surface area contributed by atoms with Crippen molar-refractivity contribution in [2.24, 2.45) is 12.2 Å². The van der Waals surface area contributed by atoms with Crippen LogP contribution in [0.4, 0.5) is 10.6 Å². The molecule has 12 heteroatoms. The summed E-state index contributed by atoms with van der Waals surface area (Å²) in [6.07, 6.45) is 0.556. The van der Waals surface area contributed by atoms with Gasteiger partial charge in [-0.15, -0.1) is 5.10 Å². The van der Waals surface area contributed by atoms with Crippen LogP contribution in [0.2, 0.25) is 0 Å². The third-order valence-electron chi connectivity index (χ3n) is 5.33. The van der Waals surface area contributed by atoms with Crippen LogP contribution in [0, 0.1) is 0 Å². The Morgan fingerprint density at radius 2 is 1.89 bits per heavy atom. The van der Waals surface area contributed by atoms with Crippen LogP contribution >= 0.6 is 0 Å². The van der Waals surface area contributed by atoms with Crippen molar-refractivity contribution in [1.29, 1.82) is 0 Å². The van der Waals surface area contributed by atoms with Gasteiger partial charge in [0.15, 0.2) is 18.6 Å². The van der Waals surface area contributed by atoms with Gasteiger partial charge in [-0.3, -0.25) is 5.32 Å². The number of amides is 1. The van der Waals surface area contributed by atoms with Crippen molar-refractivity contribution in [3.8, 4) is 0 Å². The lowest BCUT2D eigenvalue weighted by Crippen LogP contribution is -2.29. The predicted molar refractivity (Wildman–Crippen MR) is 140 cm³/mol. The summed E-state index contributed by atoms with van der Waals surface area (Å²) in [6.45, 7) is 7.04. The number of rotatable bonds is 15. The second-order valence-corrected chi connectivity index (χ2v) is 8.27. The van der Waals surface area contributed by atoms with E-state index in [0.717, 1.165) is 12.0 Å². The van der Waals surface area contributed by atoms with Gasteiger partial charge in [0.2, 0.25) is 5.82 Å². The molecule has 12 nitrogen and oxygen atoms in total. The maximum absolute atomic E-state index is 12.5. The number of nitrogens with zero attached hydrogens (tertiary/aromatic N) is 6. The van der Waals surface area contributed by atoms with Crippen molar-refractivity contribution in [3.63, 3.8) is 0 Å².